The van der Waals surface area contributed by atoms with Crippen LogP contribution >= 0.6 is 0 Å². The molecule has 1 aliphatic rings. The van der Waals surface area contributed by atoms with Crippen LogP contribution in [0.3, 0.4) is 0 Å². The number of hydrogen-bond acceptors (Lipinski definition) is 6. The van der Waals surface area contributed by atoms with Gasteiger partial charge in [0.25, 0.3) is 0 Å². The van der Waals surface area contributed by atoms with Gasteiger partial charge in [0.2, 0.25) is 0 Å². The SMILES string of the molecule is CCOCCN(C)CCOc1ccc(C(C)N(CC)c2cc(OC)ccc2[C@@H]2CCc3cc(O)ccc3C2)cc1F. The van der Waals surface area contributed by atoms with Crippen LogP contribution in [0.4, 0.5) is 10.1 Å². The van der Waals surface area contributed by atoms with E-state index in [1.165, 1.54) is 16.7 Å². The number of phenols is 1. The van der Waals surface area contributed by atoms with E-state index in [0.29, 0.717) is 38.0 Å². The van der Waals surface area contributed by atoms with Gasteiger partial charge in [-0.25, -0.2) is 4.39 Å². The first kappa shape index (κ1) is 30.7. The van der Waals surface area contributed by atoms with E-state index in [1.807, 2.05) is 38.2 Å². The fraction of sp³-hybridized carbons (Fsp3) is 0.471. The molecular weight excluding hydrogens is 519 g/mol. The Hall–Kier alpha value is -3.29. The van der Waals surface area contributed by atoms with Gasteiger partial charge >= 0.3 is 0 Å². The molecule has 6 nitrogen and oxygen atoms in total. The summed E-state index contributed by atoms with van der Waals surface area (Å²) in [7, 11) is 3.69. The predicted molar refractivity (Wildman–Crippen MR) is 163 cm³/mol. The van der Waals surface area contributed by atoms with E-state index in [0.717, 1.165) is 49.4 Å². The Morgan fingerprint density at radius 1 is 1.00 bits per heavy atom. The lowest BCUT2D eigenvalue weighted by atomic mass is 9.79. The van der Waals surface area contributed by atoms with Crippen LogP contribution in [-0.2, 0) is 17.6 Å². The molecule has 1 unspecified atom stereocenters. The number of halogens is 1. The van der Waals surface area contributed by atoms with Crippen LogP contribution in [0.15, 0.2) is 54.6 Å². The number of aryl methyl sites for hydroxylation is 1. The van der Waals surface area contributed by atoms with E-state index in [4.69, 9.17) is 14.2 Å². The zero-order valence-corrected chi connectivity index (χ0v) is 25.2. The number of likely N-dealkylation sites (N-methyl/N-ethyl adjacent to an activating group) is 1. The van der Waals surface area contributed by atoms with Gasteiger partial charge in [0.05, 0.1) is 19.8 Å². The molecule has 41 heavy (non-hydrogen) atoms. The third-order valence-electron chi connectivity index (χ3n) is 8.20. The largest absolute Gasteiger partial charge is 0.508 e. The van der Waals surface area contributed by atoms with Gasteiger partial charge in [-0.2, -0.15) is 0 Å². The molecule has 0 aromatic heterocycles. The molecule has 1 aliphatic carbocycles. The van der Waals surface area contributed by atoms with Gasteiger partial charge in [-0.1, -0.05) is 18.2 Å². The summed E-state index contributed by atoms with van der Waals surface area (Å²) < 4.78 is 32.0. The summed E-state index contributed by atoms with van der Waals surface area (Å²) in [5, 5.41) is 9.92. The zero-order chi connectivity index (χ0) is 29.4. The molecule has 0 aliphatic heterocycles. The molecule has 1 N–H and O–H groups in total. The van der Waals surface area contributed by atoms with Crippen molar-refractivity contribution in [2.75, 3.05) is 58.5 Å². The van der Waals surface area contributed by atoms with Crippen molar-refractivity contribution in [3.63, 3.8) is 0 Å². The Morgan fingerprint density at radius 2 is 1.80 bits per heavy atom. The molecule has 0 fully saturated rings. The van der Waals surface area contributed by atoms with Gasteiger partial charge in [0.15, 0.2) is 11.6 Å². The van der Waals surface area contributed by atoms with E-state index in [1.54, 1.807) is 25.3 Å². The van der Waals surface area contributed by atoms with Crippen molar-refractivity contribution in [3.8, 4) is 17.2 Å². The van der Waals surface area contributed by atoms with Crippen LogP contribution in [0.25, 0.3) is 0 Å². The Morgan fingerprint density at radius 3 is 2.54 bits per heavy atom. The summed E-state index contributed by atoms with van der Waals surface area (Å²) in [4.78, 5) is 4.44. The van der Waals surface area contributed by atoms with Crippen molar-refractivity contribution in [1.29, 1.82) is 0 Å². The fourth-order valence-electron chi connectivity index (χ4n) is 5.77. The Bertz CT molecular complexity index is 1280. The highest BCUT2D eigenvalue weighted by Gasteiger charge is 2.27. The summed E-state index contributed by atoms with van der Waals surface area (Å²) in [5.41, 5.74) is 5.79. The lowest BCUT2D eigenvalue weighted by molar-refractivity contribution is 0.116. The summed E-state index contributed by atoms with van der Waals surface area (Å²) >= 11 is 0. The summed E-state index contributed by atoms with van der Waals surface area (Å²) in [6, 6.07) is 17.3. The average molecular weight is 565 g/mol. The molecule has 0 radical (unpaired) electrons. The smallest absolute Gasteiger partial charge is 0.165 e. The predicted octanol–water partition coefficient (Wildman–Crippen LogP) is 6.75. The van der Waals surface area contributed by atoms with Crippen molar-refractivity contribution >= 4 is 5.69 Å². The molecule has 4 rings (SSSR count). The fourth-order valence-corrected chi connectivity index (χ4v) is 5.77. The van der Waals surface area contributed by atoms with E-state index < -0.39 is 0 Å². The third kappa shape index (κ3) is 7.72. The Labute approximate surface area is 244 Å². The minimum atomic E-state index is -0.347. The molecule has 3 aromatic rings. The van der Waals surface area contributed by atoms with Crippen LogP contribution < -0.4 is 14.4 Å². The van der Waals surface area contributed by atoms with Gasteiger partial charge < -0.3 is 29.1 Å². The third-order valence-corrected chi connectivity index (χ3v) is 8.20. The van der Waals surface area contributed by atoms with Crippen molar-refractivity contribution in [2.45, 2.75) is 52.0 Å². The lowest BCUT2D eigenvalue weighted by Crippen LogP contribution is -2.29. The zero-order valence-electron chi connectivity index (χ0n) is 25.2. The molecule has 0 bridgehead atoms. The number of hydrogen-bond donors (Lipinski definition) is 1. The average Bonchev–Trinajstić information content (AvgIpc) is 2.98. The second kappa shape index (κ2) is 14.6. The standard InChI is InChI=1S/C34H45FN2O4/c1-6-37(24(3)25-11-15-34(32(35)22-25)41-19-17-36(4)16-18-40-7-2)33-23-30(39-5)13-14-31(33)28-9-8-27-21-29(38)12-10-26(27)20-28/h10-15,21-24,28,38H,6-9,16-20H2,1-5H3/t24?,28-/m1/s1. The quantitative estimate of drug-likeness (QED) is 0.219. The maximum Gasteiger partial charge on any atom is 0.165 e. The molecule has 0 amide bonds. The van der Waals surface area contributed by atoms with Crippen LogP contribution in [0.2, 0.25) is 0 Å². The van der Waals surface area contributed by atoms with Crippen LogP contribution in [0, 0.1) is 5.82 Å². The van der Waals surface area contributed by atoms with Crippen molar-refractivity contribution in [1.82, 2.24) is 4.90 Å². The number of benzene rings is 3. The number of aromatic hydroxyl groups is 1. The summed E-state index contributed by atoms with van der Waals surface area (Å²) in [5.74, 6) is 1.40. The van der Waals surface area contributed by atoms with Gasteiger partial charge in [-0.05, 0) is 106 Å². The van der Waals surface area contributed by atoms with Crippen LogP contribution in [0.5, 0.6) is 17.2 Å². The Kier molecular flexibility index (Phi) is 10.9. The first-order valence-corrected chi connectivity index (χ1v) is 14.8. The van der Waals surface area contributed by atoms with Crippen molar-refractivity contribution in [2.24, 2.45) is 0 Å². The highest BCUT2D eigenvalue weighted by molar-refractivity contribution is 5.61. The first-order valence-electron chi connectivity index (χ1n) is 14.8. The number of fused-ring (bicyclic) bond motifs is 1. The van der Waals surface area contributed by atoms with Gasteiger partial charge in [0, 0.05) is 38.0 Å². The van der Waals surface area contributed by atoms with Crippen molar-refractivity contribution < 1.29 is 23.7 Å². The minimum Gasteiger partial charge on any atom is -0.508 e. The second-order valence-corrected chi connectivity index (χ2v) is 10.8. The molecule has 3 aromatic carbocycles. The second-order valence-electron chi connectivity index (χ2n) is 10.8. The molecule has 0 heterocycles. The highest BCUT2D eigenvalue weighted by Crippen LogP contribution is 2.42. The highest BCUT2D eigenvalue weighted by atomic mass is 19.1. The van der Waals surface area contributed by atoms with Crippen LogP contribution in [0.1, 0.15) is 61.4 Å². The maximum absolute atomic E-state index is 15.2. The molecular formula is C34H45FN2O4. The first-order chi connectivity index (χ1) is 19.8. The molecule has 0 saturated carbocycles. The van der Waals surface area contributed by atoms with Crippen LogP contribution in [-0.4, -0.2) is 63.6 Å². The van der Waals surface area contributed by atoms with Gasteiger partial charge in [0.1, 0.15) is 18.1 Å². The van der Waals surface area contributed by atoms with E-state index >= 15 is 4.39 Å². The van der Waals surface area contributed by atoms with Gasteiger partial charge in [-0.15, -0.1) is 0 Å². The van der Waals surface area contributed by atoms with Gasteiger partial charge in [-0.3, -0.25) is 0 Å². The summed E-state index contributed by atoms with van der Waals surface area (Å²) in [6.07, 6.45) is 2.85. The molecule has 0 saturated heterocycles. The van der Waals surface area contributed by atoms with E-state index in [9.17, 15) is 5.11 Å². The Balaban J connectivity index is 1.51. The number of methoxy groups -OCH3 is 1. The maximum atomic E-state index is 15.2. The summed E-state index contributed by atoms with van der Waals surface area (Å²) in [6.45, 7) is 10.3. The number of phenolic OH excluding ortho intramolecular Hbond substituents is 1. The van der Waals surface area contributed by atoms with Crippen molar-refractivity contribution in [3.05, 3.63) is 82.7 Å². The topological polar surface area (TPSA) is 54.4 Å². The minimum absolute atomic E-state index is 0.0630. The number of nitrogens with zero attached hydrogens (tertiary/aromatic N) is 2. The normalized spacial score (nSPS) is 15.4. The number of anilines is 1. The van der Waals surface area contributed by atoms with E-state index in [2.05, 4.69) is 35.8 Å². The van der Waals surface area contributed by atoms with E-state index in [-0.39, 0.29) is 17.6 Å². The number of ether oxygens (including phenoxy) is 3. The molecule has 222 valence electrons. The monoisotopic (exact) mass is 564 g/mol. The molecule has 2 atom stereocenters. The number of rotatable bonds is 14. The molecule has 0 spiro atoms. The lowest BCUT2D eigenvalue weighted by Gasteiger charge is -2.35. The molecule has 7 heteroatoms.